The second kappa shape index (κ2) is 13.4. The van der Waals surface area contributed by atoms with E-state index in [1.807, 2.05) is 24.3 Å². The number of hydrogen-bond acceptors (Lipinski definition) is 6. The van der Waals surface area contributed by atoms with Crippen LogP contribution >= 0.6 is 23.4 Å². The van der Waals surface area contributed by atoms with E-state index in [9.17, 15) is 13.2 Å². The van der Waals surface area contributed by atoms with Crippen molar-refractivity contribution in [3.63, 3.8) is 0 Å². The molecule has 3 aromatic carbocycles. The number of carbonyl (C=O) groups is 1. The summed E-state index contributed by atoms with van der Waals surface area (Å²) in [5.41, 5.74) is 1.44. The van der Waals surface area contributed by atoms with Crippen molar-refractivity contribution in [2.75, 3.05) is 37.4 Å². The highest BCUT2D eigenvalue weighted by Crippen LogP contribution is 2.33. The lowest BCUT2D eigenvalue weighted by molar-refractivity contribution is -0.119. The van der Waals surface area contributed by atoms with E-state index in [0.29, 0.717) is 28.8 Å². The van der Waals surface area contributed by atoms with Crippen LogP contribution in [0.15, 0.2) is 77.7 Å². The Morgan fingerprint density at radius 2 is 1.72 bits per heavy atom. The Bertz CT molecular complexity index is 1260. The zero-order valence-corrected chi connectivity index (χ0v) is 22.5. The van der Waals surface area contributed by atoms with Crippen LogP contribution in [0, 0.1) is 0 Å². The smallest absolute Gasteiger partial charge is 0.264 e. The maximum absolute atomic E-state index is 13.5. The fraction of sp³-hybridized carbons (Fsp3) is 0.269. The molecule has 0 fully saturated rings. The van der Waals surface area contributed by atoms with Crippen molar-refractivity contribution < 1.29 is 22.7 Å². The fourth-order valence-corrected chi connectivity index (χ4v) is 5.97. The Kier molecular flexibility index (Phi) is 10.3. The lowest BCUT2D eigenvalue weighted by Gasteiger charge is -2.25. The zero-order valence-electron chi connectivity index (χ0n) is 20.1. The lowest BCUT2D eigenvalue weighted by atomic mass is 10.2. The molecule has 1 N–H and O–H groups in total. The van der Waals surface area contributed by atoms with Gasteiger partial charge in [0.1, 0.15) is 6.54 Å². The van der Waals surface area contributed by atoms with Gasteiger partial charge in [0.25, 0.3) is 10.0 Å². The van der Waals surface area contributed by atoms with Gasteiger partial charge in [-0.3, -0.25) is 9.10 Å². The summed E-state index contributed by atoms with van der Waals surface area (Å²) in [6, 6.07) is 20.5. The molecule has 36 heavy (non-hydrogen) atoms. The van der Waals surface area contributed by atoms with Crippen LogP contribution in [0.1, 0.15) is 12.0 Å². The number of nitrogens with zero attached hydrogens (tertiary/aromatic N) is 1. The highest BCUT2D eigenvalue weighted by molar-refractivity contribution is 7.98. The van der Waals surface area contributed by atoms with Gasteiger partial charge in [0.2, 0.25) is 5.91 Å². The molecule has 0 aromatic heterocycles. The van der Waals surface area contributed by atoms with Crippen LogP contribution in [0.25, 0.3) is 0 Å². The van der Waals surface area contributed by atoms with E-state index < -0.39 is 15.9 Å². The molecule has 0 atom stereocenters. The summed E-state index contributed by atoms with van der Waals surface area (Å²) in [5.74, 6) is 2.09. The molecule has 0 spiro atoms. The van der Waals surface area contributed by atoms with Gasteiger partial charge in [-0.05, 0) is 54.1 Å². The van der Waals surface area contributed by atoms with Crippen LogP contribution < -0.4 is 19.1 Å². The topological polar surface area (TPSA) is 84.9 Å². The number of hydrogen-bond donors (Lipinski definition) is 1. The van der Waals surface area contributed by atoms with Crippen LogP contribution in [0.2, 0.25) is 5.02 Å². The minimum Gasteiger partial charge on any atom is -0.493 e. The first-order chi connectivity index (χ1) is 17.3. The van der Waals surface area contributed by atoms with Crippen LogP contribution in [-0.2, 0) is 20.6 Å². The van der Waals surface area contributed by atoms with E-state index in [1.165, 1.54) is 26.4 Å². The third-order valence-corrected chi connectivity index (χ3v) is 8.36. The molecule has 3 rings (SSSR count). The molecule has 0 radical (unpaired) electrons. The molecule has 0 heterocycles. The molecule has 7 nitrogen and oxygen atoms in total. The first kappa shape index (κ1) is 27.7. The van der Waals surface area contributed by atoms with Crippen LogP contribution in [0.5, 0.6) is 11.5 Å². The molecule has 10 heteroatoms. The van der Waals surface area contributed by atoms with Crippen molar-refractivity contribution in [3.8, 4) is 11.5 Å². The largest absolute Gasteiger partial charge is 0.493 e. The summed E-state index contributed by atoms with van der Waals surface area (Å²) in [7, 11) is -1.04. The van der Waals surface area contributed by atoms with Crippen molar-refractivity contribution in [2.24, 2.45) is 0 Å². The van der Waals surface area contributed by atoms with Gasteiger partial charge in [-0.15, -0.1) is 0 Å². The van der Waals surface area contributed by atoms with Crippen LogP contribution in [-0.4, -0.2) is 47.4 Å². The summed E-state index contributed by atoms with van der Waals surface area (Å²) in [6.45, 7) is 0.0644. The van der Waals surface area contributed by atoms with E-state index in [0.717, 1.165) is 27.8 Å². The fourth-order valence-electron chi connectivity index (χ4n) is 3.42. The maximum Gasteiger partial charge on any atom is 0.264 e. The van der Waals surface area contributed by atoms with Gasteiger partial charge in [-0.1, -0.05) is 41.9 Å². The van der Waals surface area contributed by atoms with Crippen LogP contribution in [0.4, 0.5) is 5.69 Å². The van der Waals surface area contributed by atoms with Gasteiger partial charge in [0, 0.05) is 23.4 Å². The first-order valence-corrected chi connectivity index (χ1v) is 14.2. The average Bonchev–Trinajstić information content (AvgIpc) is 2.89. The molecule has 0 aliphatic carbocycles. The maximum atomic E-state index is 13.5. The molecule has 0 aliphatic heterocycles. The van der Waals surface area contributed by atoms with Crippen LogP contribution in [0.3, 0.4) is 0 Å². The molecular weight excluding hydrogens is 520 g/mol. The SMILES string of the molecule is COc1ccc(N(CC(=O)NCCCSCc2cccc(Cl)c2)S(=O)(=O)c2ccccc2)cc1OC. The number of anilines is 1. The van der Waals surface area contributed by atoms with E-state index >= 15 is 0 Å². The third-order valence-electron chi connectivity index (χ3n) is 5.22. The monoisotopic (exact) mass is 548 g/mol. The van der Waals surface area contributed by atoms with Gasteiger partial charge in [-0.25, -0.2) is 8.42 Å². The molecule has 0 unspecified atom stereocenters. The average molecular weight is 549 g/mol. The van der Waals surface area contributed by atoms with E-state index in [1.54, 1.807) is 48.2 Å². The molecule has 192 valence electrons. The number of halogens is 1. The Morgan fingerprint density at radius 3 is 2.42 bits per heavy atom. The zero-order chi connectivity index (χ0) is 26.0. The molecule has 0 aliphatic rings. The van der Waals surface area contributed by atoms with E-state index in [4.69, 9.17) is 21.1 Å². The number of carbonyl (C=O) groups excluding carboxylic acids is 1. The highest BCUT2D eigenvalue weighted by atomic mass is 35.5. The number of methoxy groups -OCH3 is 2. The standard InChI is InChI=1S/C26H29ClN2O5S2/c1-33-24-13-12-22(17-25(24)34-2)29(36(31,32)23-10-4-3-5-11-23)18-26(30)28-14-7-15-35-19-20-8-6-9-21(27)16-20/h3-6,8-13,16-17H,7,14-15,18-19H2,1-2H3,(H,28,30). The number of benzene rings is 3. The highest BCUT2D eigenvalue weighted by Gasteiger charge is 2.28. The second-order valence-corrected chi connectivity index (χ2v) is 11.2. The summed E-state index contributed by atoms with van der Waals surface area (Å²) < 4.78 is 38.6. The van der Waals surface area contributed by atoms with Crippen molar-refractivity contribution in [1.82, 2.24) is 5.32 Å². The Balaban J connectivity index is 1.64. The number of nitrogens with one attached hydrogen (secondary N) is 1. The summed E-state index contributed by atoms with van der Waals surface area (Å²) in [6.07, 6.45) is 0.749. The lowest BCUT2D eigenvalue weighted by Crippen LogP contribution is -2.41. The summed E-state index contributed by atoms with van der Waals surface area (Å²) in [5, 5.41) is 3.54. The number of thioether (sulfide) groups is 1. The molecule has 0 saturated heterocycles. The predicted octanol–water partition coefficient (Wildman–Crippen LogP) is 4.99. The first-order valence-electron chi connectivity index (χ1n) is 11.2. The third kappa shape index (κ3) is 7.56. The van der Waals surface area contributed by atoms with E-state index in [-0.39, 0.29) is 11.4 Å². The number of rotatable bonds is 13. The predicted molar refractivity (Wildman–Crippen MR) is 146 cm³/mol. The van der Waals surface area contributed by atoms with Gasteiger partial charge in [0.05, 0.1) is 24.8 Å². The summed E-state index contributed by atoms with van der Waals surface area (Å²) >= 11 is 7.76. The van der Waals surface area contributed by atoms with Crippen molar-refractivity contribution in [2.45, 2.75) is 17.1 Å². The van der Waals surface area contributed by atoms with Crippen molar-refractivity contribution in [3.05, 3.63) is 83.4 Å². The number of sulfonamides is 1. The molecule has 3 aromatic rings. The molecule has 0 saturated carbocycles. The quantitative estimate of drug-likeness (QED) is 0.303. The normalized spacial score (nSPS) is 11.1. The molecular formula is C26H29ClN2O5S2. The molecule has 0 bridgehead atoms. The van der Waals surface area contributed by atoms with Gasteiger partial charge < -0.3 is 14.8 Å². The Hall–Kier alpha value is -2.88. The van der Waals surface area contributed by atoms with Gasteiger partial charge >= 0.3 is 0 Å². The van der Waals surface area contributed by atoms with Crippen molar-refractivity contribution in [1.29, 1.82) is 0 Å². The van der Waals surface area contributed by atoms with Gasteiger partial charge in [-0.2, -0.15) is 11.8 Å². The number of amides is 1. The van der Waals surface area contributed by atoms with Crippen molar-refractivity contribution >= 4 is 45.0 Å². The minimum absolute atomic E-state index is 0.0880. The van der Waals surface area contributed by atoms with E-state index in [2.05, 4.69) is 5.32 Å². The number of ether oxygens (including phenoxy) is 2. The minimum atomic E-state index is -4.01. The Morgan fingerprint density at radius 1 is 0.972 bits per heavy atom. The molecule has 1 amide bonds. The Labute approximate surface area is 221 Å². The summed E-state index contributed by atoms with van der Waals surface area (Å²) in [4.78, 5) is 12.9. The van der Waals surface area contributed by atoms with Gasteiger partial charge in [0.15, 0.2) is 11.5 Å². The second-order valence-electron chi connectivity index (χ2n) is 7.75.